The smallest absolute Gasteiger partial charge is 0.194 e. The van der Waals surface area contributed by atoms with Gasteiger partial charge < -0.3 is 25.7 Å². The van der Waals surface area contributed by atoms with E-state index in [0.29, 0.717) is 41.4 Å². The average Bonchev–Trinajstić information content (AvgIpc) is 3.19. The Morgan fingerprint density at radius 2 is 1.94 bits per heavy atom. The number of ether oxygens (including phenoxy) is 1. The monoisotopic (exact) mass is 416 g/mol. The zero-order chi connectivity index (χ0) is 21.3. The molecule has 0 saturated carbocycles. The molecule has 4 N–H and O–H groups in total. The highest BCUT2D eigenvalue weighted by Gasteiger charge is 2.32. The highest BCUT2D eigenvalue weighted by molar-refractivity contribution is 5.97. The minimum absolute atomic E-state index is 0.0241. The number of benzene rings is 3. The third-order valence-electron chi connectivity index (χ3n) is 6.30. The number of halogens is 1. The molecule has 1 unspecified atom stereocenters. The van der Waals surface area contributed by atoms with Gasteiger partial charge in [0.05, 0.1) is 11.1 Å². The number of hydrogen-bond acceptors (Lipinski definition) is 5. The minimum atomic E-state index is -0.487. The molecular weight excluding hydrogens is 395 g/mol. The highest BCUT2D eigenvalue weighted by atomic mass is 19.1. The van der Waals surface area contributed by atoms with E-state index < -0.39 is 5.82 Å². The molecule has 0 aliphatic carbocycles. The molecule has 1 fully saturated rings. The summed E-state index contributed by atoms with van der Waals surface area (Å²) in [7, 11) is 0. The number of pyridine rings is 1. The Morgan fingerprint density at radius 1 is 1.16 bits per heavy atom. The number of rotatable bonds is 2. The molecule has 1 saturated heterocycles. The molecule has 0 bridgehead atoms. The number of nitrogens with zero attached hydrogens (tertiary/aromatic N) is 2. The van der Waals surface area contributed by atoms with Crippen LogP contribution in [0.4, 0.5) is 10.1 Å². The Balaban J connectivity index is 1.73. The molecule has 31 heavy (non-hydrogen) atoms. The third-order valence-corrected chi connectivity index (χ3v) is 6.30. The topological polar surface area (TPSA) is 86.5 Å². The molecule has 2 aliphatic rings. The Kier molecular flexibility index (Phi) is 3.87. The van der Waals surface area contributed by atoms with E-state index in [2.05, 4.69) is 0 Å². The largest absolute Gasteiger partial charge is 0.451 e. The van der Waals surface area contributed by atoms with Crippen LogP contribution in [0.3, 0.4) is 0 Å². The molecule has 0 spiro atoms. The van der Waals surface area contributed by atoms with Crippen molar-refractivity contribution in [1.29, 1.82) is 0 Å². The van der Waals surface area contributed by atoms with E-state index in [0.717, 1.165) is 22.9 Å². The number of fused-ring (bicyclic) bond motifs is 3. The van der Waals surface area contributed by atoms with Crippen molar-refractivity contribution in [3.05, 3.63) is 70.3 Å². The summed E-state index contributed by atoms with van der Waals surface area (Å²) in [6.45, 7) is 1.24. The van der Waals surface area contributed by atoms with Gasteiger partial charge >= 0.3 is 0 Å². The molecule has 4 aromatic rings. The Hall–Kier alpha value is -3.42. The SMILES string of the molecule is NCc1cn2c3c(c(N4CCC(N)C4)c(F)cc3c1=O)Oc1cc3ccccc3cc1-2. The van der Waals surface area contributed by atoms with Crippen molar-refractivity contribution in [3.63, 3.8) is 0 Å². The second-order valence-electron chi connectivity index (χ2n) is 8.25. The normalized spacial score (nSPS) is 17.3. The number of nitrogens with two attached hydrogens (primary N) is 2. The molecule has 0 radical (unpaired) electrons. The maximum atomic E-state index is 15.4. The molecule has 1 aromatic heterocycles. The minimum Gasteiger partial charge on any atom is -0.451 e. The van der Waals surface area contributed by atoms with Crippen LogP contribution >= 0.6 is 0 Å². The van der Waals surface area contributed by atoms with Crippen LogP contribution < -0.4 is 26.5 Å². The van der Waals surface area contributed by atoms with Crippen molar-refractivity contribution < 1.29 is 9.13 Å². The molecule has 6 rings (SSSR count). The van der Waals surface area contributed by atoms with Crippen LogP contribution in [0, 0.1) is 5.82 Å². The first-order valence-corrected chi connectivity index (χ1v) is 10.4. The number of aromatic nitrogens is 1. The number of anilines is 1. The first-order chi connectivity index (χ1) is 15.0. The lowest BCUT2D eigenvalue weighted by Crippen LogP contribution is -2.28. The van der Waals surface area contributed by atoms with Crippen molar-refractivity contribution in [2.75, 3.05) is 18.0 Å². The lowest BCUT2D eigenvalue weighted by atomic mass is 10.0. The molecule has 3 heterocycles. The van der Waals surface area contributed by atoms with Gasteiger partial charge in [0, 0.05) is 37.4 Å². The van der Waals surface area contributed by atoms with E-state index in [1.807, 2.05) is 45.9 Å². The molecule has 2 aliphatic heterocycles. The van der Waals surface area contributed by atoms with Crippen LogP contribution in [0.5, 0.6) is 11.5 Å². The lowest BCUT2D eigenvalue weighted by molar-refractivity contribution is 0.469. The molecule has 1 atom stereocenters. The van der Waals surface area contributed by atoms with E-state index in [1.54, 1.807) is 6.20 Å². The van der Waals surface area contributed by atoms with E-state index in [9.17, 15) is 4.79 Å². The van der Waals surface area contributed by atoms with Crippen LogP contribution in [0.1, 0.15) is 12.0 Å². The van der Waals surface area contributed by atoms with Crippen LogP contribution in [0.15, 0.2) is 53.5 Å². The van der Waals surface area contributed by atoms with Gasteiger partial charge in [0.15, 0.2) is 22.7 Å². The molecule has 6 nitrogen and oxygen atoms in total. The summed E-state index contributed by atoms with van der Waals surface area (Å²) in [6.07, 6.45) is 2.53. The van der Waals surface area contributed by atoms with Gasteiger partial charge in [0.2, 0.25) is 0 Å². The predicted octanol–water partition coefficient (Wildman–Crippen LogP) is 3.38. The lowest BCUT2D eigenvalue weighted by Gasteiger charge is -2.29. The van der Waals surface area contributed by atoms with Crippen molar-refractivity contribution in [1.82, 2.24) is 4.57 Å². The summed E-state index contributed by atoms with van der Waals surface area (Å²) in [4.78, 5) is 14.9. The summed E-state index contributed by atoms with van der Waals surface area (Å²) in [5.74, 6) is 0.473. The first-order valence-electron chi connectivity index (χ1n) is 10.4. The summed E-state index contributed by atoms with van der Waals surface area (Å²) < 4.78 is 23.7. The Morgan fingerprint density at radius 3 is 2.65 bits per heavy atom. The van der Waals surface area contributed by atoms with Gasteiger partial charge in [-0.15, -0.1) is 0 Å². The highest BCUT2D eigenvalue weighted by Crippen LogP contribution is 2.47. The van der Waals surface area contributed by atoms with Crippen LogP contribution in [0.2, 0.25) is 0 Å². The van der Waals surface area contributed by atoms with E-state index in [1.165, 1.54) is 6.07 Å². The first kappa shape index (κ1) is 18.4. The fourth-order valence-corrected chi connectivity index (χ4v) is 4.78. The molecule has 0 amide bonds. The zero-order valence-electron chi connectivity index (χ0n) is 16.8. The summed E-state index contributed by atoms with van der Waals surface area (Å²) in [5.41, 5.74) is 13.8. The quantitative estimate of drug-likeness (QED) is 0.461. The average molecular weight is 416 g/mol. The fourth-order valence-electron chi connectivity index (χ4n) is 4.78. The van der Waals surface area contributed by atoms with Gasteiger partial charge in [-0.1, -0.05) is 24.3 Å². The maximum Gasteiger partial charge on any atom is 0.194 e. The molecule has 156 valence electrons. The maximum absolute atomic E-state index is 15.4. The van der Waals surface area contributed by atoms with Crippen LogP contribution in [-0.2, 0) is 6.54 Å². The van der Waals surface area contributed by atoms with Gasteiger partial charge in [-0.2, -0.15) is 0 Å². The van der Waals surface area contributed by atoms with Crippen molar-refractivity contribution >= 4 is 27.4 Å². The van der Waals surface area contributed by atoms with Crippen LogP contribution in [0.25, 0.3) is 27.4 Å². The van der Waals surface area contributed by atoms with E-state index in [4.69, 9.17) is 16.2 Å². The summed E-state index contributed by atoms with van der Waals surface area (Å²) in [6, 6.07) is 13.2. The second kappa shape index (κ2) is 6.54. The standard InChI is InChI=1S/C24H21FN4O2/c25-18-9-17-21-24(22(18)28-6-5-16(27)12-28)31-20-8-14-4-2-1-3-13(14)7-19(20)29(21)11-15(10-26)23(17)30/h1-4,7-9,11,16H,5-6,10,12,26-27H2. The van der Waals surface area contributed by atoms with E-state index in [-0.39, 0.29) is 23.4 Å². The van der Waals surface area contributed by atoms with Gasteiger partial charge in [0.25, 0.3) is 0 Å². The number of hydrogen-bond donors (Lipinski definition) is 2. The van der Waals surface area contributed by atoms with Gasteiger partial charge in [-0.25, -0.2) is 4.39 Å². The predicted molar refractivity (Wildman–Crippen MR) is 120 cm³/mol. The Labute approximate surface area is 177 Å². The Bertz CT molecular complexity index is 1450. The third kappa shape index (κ3) is 2.60. The fraction of sp³-hybridized carbons (Fsp3) is 0.208. The second-order valence-corrected chi connectivity index (χ2v) is 8.25. The summed E-state index contributed by atoms with van der Waals surface area (Å²) in [5, 5.41) is 2.32. The van der Waals surface area contributed by atoms with Crippen molar-refractivity contribution in [2.45, 2.75) is 19.0 Å². The van der Waals surface area contributed by atoms with Crippen molar-refractivity contribution in [2.24, 2.45) is 11.5 Å². The summed E-state index contributed by atoms with van der Waals surface area (Å²) >= 11 is 0. The zero-order valence-corrected chi connectivity index (χ0v) is 16.8. The molecule has 7 heteroatoms. The van der Waals surface area contributed by atoms with E-state index >= 15 is 4.39 Å². The van der Waals surface area contributed by atoms with Gasteiger partial charge in [-0.3, -0.25) is 4.79 Å². The molecule has 3 aromatic carbocycles. The van der Waals surface area contributed by atoms with Crippen molar-refractivity contribution in [3.8, 4) is 17.2 Å². The van der Waals surface area contributed by atoms with Gasteiger partial charge in [-0.05, 0) is 35.4 Å². The van der Waals surface area contributed by atoms with Crippen LogP contribution in [-0.4, -0.2) is 23.7 Å². The van der Waals surface area contributed by atoms with Gasteiger partial charge in [0.1, 0.15) is 11.2 Å². The molecular formula is C24H21FN4O2.